The summed E-state index contributed by atoms with van der Waals surface area (Å²) in [6.07, 6.45) is 0.422. The lowest BCUT2D eigenvalue weighted by atomic mass is 10.1. The minimum atomic E-state index is -0.488. The largest absolute Gasteiger partial charge is 0.392 e. The van der Waals surface area contributed by atoms with E-state index in [2.05, 4.69) is 5.32 Å². The highest BCUT2D eigenvalue weighted by Crippen LogP contribution is 2.10. The van der Waals surface area contributed by atoms with E-state index in [9.17, 15) is 9.90 Å². The van der Waals surface area contributed by atoms with Gasteiger partial charge in [-0.3, -0.25) is 4.79 Å². The standard InChI is InChI=1S/C11H16N4O2/c12-3-1-5-15(6-2-4-13)11(17)10-7-9(16)8-14-10/h9-10,14,16H,1-2,5-8H2. The van der Waals surface area contributed by atoms with Crippen molar-refractivity contribution in [2.75, 3.05) is 19.6 Å². The molecule has 1 rings (SSSR count). The zero-order valence-electron chi connectivity index (χ0n) is 9.59. The van der Waals surface area contributed by atoms with Gasteiger partial charge in [0.25, 0.3) is 0 Å². The maximum absolute atomic E-state index is 12.0. The van der Waals surface area contributed by atoms with Gasteiger partial charge >= 0.3 is 0 Å². The lowest BCUT2D eigenvalue weighted by Gasteiger charge is -2.23. The van der Waals surface area contributed by atoms with Crippen LogP contribution in [0.25, 0.3) is 0 Å². The molecule has 0 aromatic rings. The Hall–Kier alpha value is -1.63. The number of nitriles is 2. The van der Waals surface area contributed by atoms with Crippen molar-refractivity contribution in [2.24, 2.45) is 0 Å². The molecule has 1 saturated heterocycles. The smallest absolute Gasteiger partial charge is 0.239 e. The van der Waals surface area contributed by atoms with Gasteiger partial charge in [-0.25, -0.2) is 0 Å². The Kier molecular flexibility index (Phi) is 5.41. The van der Waals surface area contributed by atoms with E-state index >= 15 is 0 Å². The molecule has 17 heavy (non-hydrogen) atoms. The second kappa shape index (κ2) is 6.85. The van der Waals surface area contributed by atoms with Crippen LogP contribution in [0.3, 0.4) is 0 Å². The van der Waals surface area contributed by atoms with E-state index < -0.39 is 6.10 Å². The Balaban J connectivity index is 2.53. The summed E-state index contributed by atoms with van der Waals surface area (Å²) in [5.41, 5.74) is 0. The van der Waals surface area contributed by atoms with Gasteiger partial charge in [-0.15, -0.1) is 0 Å². The summed E-state index contributed by atoms with van der Waals surface area (Å²) in [5.74, 6) is -0.132. The number of nitrogens with one attached hydrogen (secondary N) is 1. The number of nitrogens with zero attached hydrogens (tertiary/aromatic N) is 3. The van der Waals surface area contributed by atoms with Crippen LogP contribution in [0.15, 0.2) is 0 Å². The molecule has 6 nitrogen and oxygen atoms in total. The molecule has 1 fully saturated rings. The van der Waals surface area contributed by atoms with E-state index in [0.717, 1.165) is 0 Å². The first kappa shape index (κ1) is 13.4. The molecular formula is C11H16N4O2. The predicted molar refractivity (Wildman–Crippen MR) is 59.5 cm³/mol. The number of rotatable bonds is 5. The molecule has 0 bridgehead atoms. The van der Waals surface area contributed by atoms with Crippen molar-refractivity contribution in [1.29, 1.82) is 10.5 Å². The maximum atomic E-state index is 12.0. The van der Waals surface area contributed by atoms with Gasteiger partial charge in [-0.05, 0) is 6.42 Å². The highest BCUT2D eigenvalue weighted by atomic mass is 16.3. The quantitative estimate of drug-likeness (QED) is 0.661. The second-order valence-electron chi connectivity index (χ2n) is 3.99. The Labute approximate surface area is 100 Å². The summed E-state index contributed by atoms with van der Waals surface area (Å²) < 4.78 is 0. The van der Waals surface area contributed by atoms with E-state index in [0.29, 0.717) is 26.1 Å². The lowest BCUT2D eigenvalue weighted by molar-refractivity contribution is -0.133. The molecule has 2 N–H and O–H groups in total. The number of aliphatic hydroxyl groups excluding tert-OH is 1. The molecule has 0 aromatic carbocycles. The number of β-amino-alcohol motifs (C(OH)–C–C–N with tert-alkyl or cyclic N) is 1. The molecule has 1 amide bonds. The Morgan fingerprint density at radius 1 is 1.35 bits per heavy atom. The zero-order valence-corrected chi connectivity index (χ0v) is 9.59. The van der Waals surface area contributed by atoms with Crippen molar-refractivity contribution >= 4 is 5.91 Å². The fourth-order valence-corrected chi connectivity index (χ4v) is 1.83. The highest BCUT2D eigenvalue weighted by Gasteiger charge is 2.30. The van der Waals surface area contributed by atoms with Gasteiger partial charge < -0.3 is 15.3 Å². The molecule has 0 saturated carbocycles. The van der Waals surface area contributed by atoms with Crippen LogP contribution in [0.1, 0.15) is 19.3 Å². The lowest BCUT2D eigenvalue weighted by Crippen LogP contribution is -2.44. The average Bonchev–Trinajstić information content (AvgIpc) is 2.75. The number of carbonyl (C=O) groups is 1. The number of hydrogen-bond acceptors (Lipinski definition) is 5. The topological polar surface area (TPSA) is 100 Å². The van der Waals surface area contributed by atoms with Crippen molar-refractivity contribution in [2.45, 2.75) is 31.4 Å². The molecular weight excluding hydrogens is 220 g/mol. The van der Waals surface area contributed by atoms with Crippen molar-refractivity contribution in [3.8, 4) is 12.1 Å². The predicted octanol–water partition coefficient (Wildman–Crippen LogP) is -0.635. The summed E-state index contributed by atoms with van der Waals surface area (Å²) in [6.45, 7) is 1.09. The molecule has 1 aliphatic rings. The van der Waals surface area contributed by atoms with Gasteiger partial charge in [-0.1, -0.05) is 0 Å². The van der Waals surface area contributed by atoms with Crippen molar-refractivity contribution < 1.29 is 9.90 Å². The first-order valence-corrected chi connectivity index (χ1v) is 5.63. The molecule has 1 aliphatic heterocycles. The normalized spacial score (nSPS) is 22.8. The fourth-order valence-electron chi connectivity index (χ4n) is 1.83. The molecule has 6 heteroatoms. The molecule has 0 spiro atoms. The molecule has 2 atom stereocenters. The fraction of sp³-hybridized carbons (Fsp3) is 0.727. The zero-order chi connectivity index (χ0) is 12.7. The maximum Gasteiger partial charge on any atom is 0.239 e. The van der Waals surface area contributed by atoms with E-state index in [1.54, 1.807) is 0 Å². The number of hydrogen-bond donors (Lipinski definition) is 2. The number of carbonyl (C=O) groups excluding carboxylic acids is 1. The van der Waals surface area contributed by atoms with Gasteiger partial charge in [0.1, 0.15) is 0 Å². The van der Waals surface area contributed by atoms with Crippen molar-refractivity contribution in [1.82, 2.24) is 10.2 Å². The third-order valence-corrected chi connectivity index (χ3v) is 2.70. The molecule has 0 aromatic heterocycles. The van der Waals surface area contributed by atoms with Crippen LogP contribution in [-0.2, 0) is 4.79 Å². The second-order valence-corrected chi connectivity index (χ2v) is 3.99. The Morgan fingerprint density at radius 3 is 2.35 bits per heavy atom. The first-order chi connectivity index (χ1) is 8.19. The summed E-state index contributed by atoms with van der Waals surface area (Å²) in [6, 6.07) is 3.58. The average molecular weight is 236 g/mol. The third kappa shape index (κ3) is 4.03. The van der Waals surface area contributed by atoms with Crippen molar-refractivity contribution in [3.05, 3.63) is 0 Å². The minimum Gasteiger partial charge on any atom is -0.392 e. The summed E-state index contributed by atoms with van der Waals surface area (Å²) >= 11 is 0. The molecule has 0 radical (unpaired) electrons. The van der Waals surface area contributed by atoms with Gasteiger partial charge in [0.05, 0.1) is 37.1 Å². The number of amides is 1. The summed E-state index contributed by atoms with van der Waals surface area (Å²) in [4.78, 5) is 13.6. The molecule has 2 unspecified atom stereocenters. The molecule has 1 heterocycles. The van der Waals surface area contributed by atoms with Crippen LogP contribution in [0.4, 0.5) is 0 Å². The van der Waals surface area contributed by atoms with E-state index in [1.165, 1.54) is 4.90 Å². The minimum absolute atomic E-state index is 0.132. The van der Waals surface area contributed by atoms with Crippen molar-refractivity contribution in [3.63, 3.8) is 0 Å². The van der Waals surface area contributed by atoms with Crippen LogP contribution in [0, 0.1) is 22.7 Å². The van der Waals surface area contributed by atoms with E-state index in [-0.39, 0.29) is 24.8 Å². The van der Waals surface area contributed by atoms with Gasteiger partial charge in [0.15, 0.2) is 0 Å². The van der Waals surface area contributed by atoms with Crippen LogP contribution >= 0.6 is 0 Å². The van der Waals surface area contributed by atoms with E-state index in [4.69, 9.17) is 10.5 Å². The van der Waals surface area contributed by atoms with Crippen LogP contribution in [0.5, 0.6) is 0 Å². The number of aliphatic hydroxyl groups is 1. The van der Waals surface area contributed by atoms with Gasteiger partial charge in [0.2, 0.25) is 5.91 Å². The van der Waals surface area contributed by atoms with E-state index in [1.807, 2.05) is 12.1 Å². The Bertz CT molecular complexity index is 326. The van der Waals surface area contributed by atoms with Crippen LogP contribution in [0.2, 0.25) is 0 Å². The van der Waals surface area contributed by atoms with Crippen LogP contribution in [-0.4, -0.2) is 47.7 Å². The molecule has 0 aliphatic carbocycles. The first-order valence-electron chi connectivity index (χ1n) is 5.63. The molecule has 92 valence electrons. The monoisotopic (exact) mass is 236 g/mol. The summed E-state index contributed by atoms with van der Waals surface area (Å²) in [7, 11) is 0. The highest BCUT2D eigenvalue weighted by molar-refractivity contribution is 5.82. The van der Waals surface area contributed by atoms with Gasteiger partial charge in [-0.2, -0.15) is 10.5 Å². The SMILES string of the molecule is N#CCCN(CCC#N)C(=O)C1CC(O)CN1. The summed E-state index contributed by atoms with van der Waals surface area (Å²) in [5, 5.41) is 29.3. The Morgan fingerprint density at radius 2 is 1.94 bits per heavy atom. The van der Waals surface area contributed by atoms with Gasteiger partial charge in [0, 0.05) is 19.6 Å². The van der Waals surface area contributed by atoms with Crippen LogP contribution < -0.4 is 5.32 Å². The third-order valence-electron chi connectivity index (χ3n) is 2.70.